The number of carbonyl (C=O) groups is 1. The highest BCUT2D eigenvalue weighted by Crippen LogP contribution is 2.32. The van der Waals surface area contributed by atoms with Crippen molar-refractivity contribution in [3.8, 4) is 0 Å². The van der Waals surface area contributed by atoms with Crippen molar-refractivity contribution >= 4 is 28.5 Å². The van der Waals surface area contributed by atoms with E-state index in [0.717, 1.165) is 16.7 Å². The summed E-state index contributed by atoms with van der Waals surface area (Å²) in [6, 6.07) is 8.45. The molecule has 32 heavy (non-hydrogen) atoms. The van der Waals surface area contributed by atoms with Gasteiger partial charge in [0.2, 0.25) is 5.95 Å². The standard InChI is InChI=1S/C24H28N4O4/c1-14-13-18-21(26-24(27(4)22(18)29)28-9-11-32-12-10-28)20(15(14)2)16(3)25-19-8-6-5-7-17(19)23(30)31/h5-8,13,16,25H,9-12H2,1-4H3,(H,30,31)/t16-/m0/s1. The number of nitrogens with zero attached hydrogens (tertiary/aromatic N) is 3. The van der Waals surface area contributed by atoms with Gasteiger partial charge in [-0.1, -0.05) is 12.1 Å². The van der Waals surface area contributed by atoms with Crippen LogP contribution in [-0.4, -0.2) is 46.9 Å². The Hall–Kier alpha value is -3.39. The topological polar surface area (TPSA) is 96.7 Å². The molecule has 1 atom stereocenters. The number of morpholine rings is 1. The first-order valence-electron chi connectivity index (χ1n) is 10.7. The number of aromatic carboxylic acids is 1. The van der Waals surface area contributed by atoms with Gasteiger partial charge in [-0.15, -0.1) is 0 Å². The molecule has 0 spiro atoms. The van der Waals surface area contributed by atoms with Gasteiger partial charge in [0.05, 0.1) is 35.7 Å². The van der Waals surface area contributed by atoms with Crippen LogP contribution in [0.25, 0.3) is 10.9 Å². The maximum atomic E-state index is 13.3. The first-order chi connectivity index (χ1) is 15.3. The average molecular weight is 437 g/mol. The minimum atomic E-state index is -0.993. The van der Waals surface area contributed by atoms with E-state index in [9.17, 15) is 14.7 Å². The Bertz CT molecular complexity index is 1240. The van der Waals surface area contributed by atoms with E-state index in [2.05, 4.69) is 10.2 Å². The van der Waals surface area contributed by atoms with Crippen LogP contribution in [0.2, 0.25) is 0 Å². The molecule has 8 nitrogen and oxygen atoms in total. The zero-order chi connectivity index (χ0) is 23.0. The van der Waals surface area contributed by atoms with E-state index < -0.39 is 5.97 Å². The highest BCUT2D eigenvalue weighted by molar-refractivity contribution is 5.94. The van der Waals surface area contributed by atoms with Crippen molar-refractivity contribution in [3.05, 3.63) is 62.9 Å². The fourth-order valence-corrected chi connectivity index (χ4v) is 4.34. The van der Waals surface area contributed by atoms with E-state index in [0.29, 0.717) is 48.8 Å². The van der Waals surface area contributed by atoms with Crippen LogP contribution in [0.1, 0.15) is 40.0 Å². The van der Waals surface area contributed by atoms with Crippen LogP contribution in [0, 0.1) is 13.8 Å². The molecule has 1 fully saturated rings. The summed E-state index contributed by atoms with van der Waals surface area (Å²) in [5.74, 6) is -0.374. The van der Waals surface area contributed by atoms with Crippen LogP contribution in [0.15, 0.2) is 35.1 Å². The smallest absolute Gasteiger partial charge is 0.337 e. The minimum Gasteiger partial charge on any atom is -0.478 e. The Labute approximate surface area is 186 Å². The van der Waals surface area contributed by atoms with Crippen LogP contribution >= 0.6 is 0 Å². The largest absolute Gasteiger partial charge is 0.478 e. The van der Waals surface area contributed by atoms with Gasteiger partial charge in [0.1, 0.15) is 0 Å². The highest BCUT2D eigenvalue weighted by Gasteiger charge is 2.23. The van der Waals surface area contributed by atoms with Crippen molar-refractivity contribution in [3.63, 3.8) is 0 Å². The fraction of sp³-hybridized carbons (Fsp3) is 0.375. The molecule has 4 rings (SSSR count). The summed E-state index contributed by atoms with van der Waals surface area (Å²) in [6.07, 6.45) is 0. The lowest BCUT2D eigenvalue weighted by Gasteiger charge is -2.30. The van der Waals surface area contributed by atoms with E-state index in [1.54, 1.807) is 35.9 Å². The molecule has 2 N–H and O–H groups in total. The van der Waals surface area contributed by atoms with Crippen molar-refractivity contribution < 1.29 is 14.6 Å². The van der Waals surface area contributed by atoms with Crippen LogP contribution in [0.4, 0.5) is 11.6 Å². The van der Waals surface area contributed by atoms with E-state index in [1.807, 2.05) is 26.8 Å². The van der Waals surface area contributed by atoms with Crippen LogP contribution in [0.5, 0.6) is 0 Å². The Balaban J connectivity index is 1.88. The van der Waals surface area contributed by atoms with Crippen LogP contribution in [0.3, 0.4) is 0 Å². The second kappa shape index (κ2) is 8.63. The Morgan fingerprint density at radius 2 is 1.91 bits per heavy atom. The predicted molar refractivity (Wildman–Crippen MR) is 125 cm³/mol. The molecule has 1 saturated heterocycles. The van der Waals surface area contributed by atoms with Gasteiger partial charge in [-0.05, 0) is 50.1 Å². The van der Waals surface area contributed by atoms with Crippen molar-refractivity contribution in [2.75, 3.05) is 36.5 Å². The van der Waals surface area contributed by atoms with Gasteiger partial charge in [0.15, 0.2) is 0 Å². The maximum absolute atomic E-state index is 13.3. The van der Waals surface area contributed by atoms with Gasteiger partial charge in [-0.3, -0.25) is 9.36 Å². The van der Waals surface area contributed by atoms with Gasteiger partial charge >= 0.3 is 5.97 Å². The molecule has 1 aromatic heterocycles. The lowest BCUT2D eigenvalue weighted by molar-refractivity contribution is 0.0698. The van der Waals surface area contributed by atoms with E-state index in [4.69, 9.17) is 9.72 Å². The summed E-state index contributed by atoms with van der Waals surface area (Å²) < 4.78 is 7.06. The molecule has 0 bridgehead atoms. The van der Waals surface area contributed by atoms with E-state index in [-0.39, 0.29) is 17.2 Å². The van der Waals surface area contributed by atoms with E-state index >= 15 is 0 Å². The summed E-state index contributed by atoms with van der Waals surface area (Å²) in [7, 11) is 1.75. The molecule has 3 aromatic rings. The quantitative estimate of drug-likeness (QED) is 0.634. The Morgan fingerprint density at radius 1 is 1.22 bits per heavy atom. The summed E-state index contributed by atoms with van der Waals surface area (Å²) in [5.41, 5.74) is 4.19. The molecule has 2 aromatic carbocycles. The van der Waals surface area contributed by atoms with Crippen LogP contribution < -0.4 is 15.8 Å². The number of hydrogen-bond acceptors (Lipinski definition) is 6. The second-order valence-corrected chi connectivity index (χ2v) is 8.22. The van der Waals surface area contributed by atoms with Crippen molar-refractivity contribution in [1.29, 1.82) is 0 Å². The SMILES string of the molecule is Cc1cc2c(=O)n(C)c(N3CCOCC3)nc2c([C@H](C)Nc2ccccc2C(=O)O)c1C. The number of rotatable bonds is 5. The molecule has 0 aliphatic carbocycles. The number of ether oxygens (including phenoxy) is 1. The van der Waals surface area contributed by atoms with Gasteiger partial charge in [0, 0.05) is 31.4 Å². The summed E-state index contributed by atoms with van der Waals surface area (Å²) in [6.45, 7) is 8.49. The lowest BCUT2D eigenvalue weighted by Crippen LogP contribution is -2.40. The van der Waals surface area contributed by atoms with Crippen molar-refractivity contribution in [2.24, 2.45) is 7.05 Å². The molecule has 1 aliphatic heterocycles. The number of fused-ring (bicyclic) bond motifs is 1. The number of carboxylic acid groups (broad SMARTS) is 1. The Kier molecular flexibility index (Phi) is 5.88. The molecule has 2 heterocycles. The average Bonchev–Trinajstić information content (AvgIpc) is 2.78. The third-order valence-corrected chi connectivity index (χ3v) is 6.17. The normalized spacial score (nSPS) is 15.1. The number of aryl methyl sites for hydroxylation is 1. The molecule has 0 saturated carbocycles. The molecule has 0 radical (unpaired) electrons. The third-order valence-electron chi connectivity index (χ3n) is 6.17. The predicted octanol–water partition coefficient (Wildman–Crippen LogP) is 3.26. The fourth-order valence-electron chi connectivity index (χ4n) is 4.34. The maximum Gasteiger partial charge on any atom is 0.337 e. The second-order valence-electron chi connectivity index (χ2n) is 8.22. The number of para-hydroxylation sites is 1. The monoisotopic (exact) mass is 436 g/mol. The number of hydrogen-bond donors (Lipinski definition) is 2. The molecule has 1 aliphatic rings. The molecule has 0 amide bonds. The summed E-state index contributed by atoms with van der Waals surface area (Å²) in [5, 5.41) is 13.5. The van der Waals surface area contributed by atoms with Gasteiger partial charge in [0.25, 0.3) is 5.56 Å². The molecule has 8 heteroatoms. The zero-order valence-corrected chi connectivity index (χ0v) is 18.8. The Morgan fingerprint density at radius 3 is 2.59 bits per heavy atom. The molecular weight excluding hydrogens is 408 g/mol. The zero-order valence-electron chi connectivity index (χ0n) is 18.8. The summed E-state index contributed by atoms with van der Waals surface area (Å²) >= 11 is 0. The van der Waals surface area contributed by atoms with E-state index in [1.165, 1.54) is 0 Å². The number of benzene rings is 2. The molecule has 0 unspecified atom stereocenters. The van der Waals surface area contributed by atoms with Crippen LogP contribution in [-0.2, 0) is 11.8 Å². The first-order valence-corrected chi connectivity index (χ1v) is 10.7. The third kappa shape index (κ3) is 3.82. The number of carboxylic acids is 1. The molecule has 168 valence electrons. The molecular formula is C24H28N4O4. The van der Waals surface area contributed by atoms with Gasteiger partial charge in [-0.2, -0.15) is 0 Å². The van der Waals surface area contributed by atoms with Gasteiger partial charge < -0.3 is 20.1 Å². The summed E-state index contributed by atoms with van der Waals surface area (Å²) in [4.78, 5) is 32.0. The first kappa shape index (κ1) is 21.8. The minimum absolute atomic E-state index is 0.0982. The number of nitrogens with one attached hydrogen (secondary N) is 1. The number of anilines is 2. The highest BCUT2D eigenvalue weighted by atomic mass is 16.5. The number of aromatic nitrogens is 2. The van der Waals surface area contributed by atoms with Crippen molar-refractivity contribution in [1.82, 2.24) is 9.55 Å². The van der Waals surface area contributed by atoms with Crippen molar-refractivity contribution in [2.45, 2.75) is 26.8 Å². The lowest BCUT2D eigenvalue weighted by atomic mass is 9.94. The van der Waals surface area contributed by atoms with Gasteiger partial charge in [-0.25, -0.2) is 9.78 Å².